The lowest BCUT2D eigenvalue weighted by Gasteiger charge is -2.12. The number of nitrogens with zero attached hydrogens (tertiary/aromatic N) is 2. The van der Waals surface area contributed by atoms with Crippen LogP contribution in [0, 0.1) is 0 Å². The maximum absolute atomic E-state index is 6.53. The fourth-order valence-corrected chi connectivity index (χ4v) is 9.07. The van der Waals surface area contributed by atoms with E-state index in [0.29, 0.717) is 0 Å². The van der Waals surface area contributed by atoms with Crippen molar-refractivity contribution in [2.75, 3.05) is 0 Å². The molecule has 11 aromatic rings. The van der Waals surface area contributed by atoms with Crippen molar-refractivity contribution in [1.82, 2.24) is 9.97 Å². The maximum Gasteiger partial charge on any atom is 0.160 e. The fourth-order valence-electron chi connectivity index (χ4n) is 9.07. The molecule has 3 heteroatoms. The molecule has 1 aliphatic carbocycles. The van der Waals surface area contributed by atoms with Crippen LogP contribution in [0.4, 0.5) is 0 Å². The normalized spacial score (nSPS) is 12.2. The molecular weight excluding hydrogens is 681 g/mol. The number of rotatable bonds is 4. The predicted octanol–water partition coefficient (Wildman–Crippen LogP) is 14.1. The van der Waals surface area contributed by atoms with Gasteiger partial charge in [0.1, 0.15) is 11.2 Å². The zero-order valence-electron chi connectivity index (χ0n) is 30.3. The Morgan fingerprint density at radius 2 is 0.946 bits per heavy atom. The van der Waals surface area contributed by atoms with E-state index in [4.69, 9.17) is 14.4 Å². The van der Waals surface area contributed by atoms with E-state index < -0.39 is 0 Å². The molecule has 1 aliphatic rings. The number of furan rings is 1. The first-order chi connectivity index (χ1) is 27.7. The van der Waals surface area contributed by atoms with Gasteiger partial charge in [0.05, 0.1) is 11.4 Å². The van der Waals surface area contributed by atoms with Crippen LogP contribution >= 0.6 is 0 Å². The summed E-state index contributed by atoms with van der Waals surface area (Å²) in [5, 5.41) is 9.88. The van der Waals surface area contributed by atoms with E-state index in [0.717, 1.165) is 67.8 Å². The highest BCUT2D eigenvalue weighted by molar-refractivity contribution is 6.26. The van der Waals surface area contributed by atoms with Crippen molar-refractivity contribution in [3.05, 3.63) is 193 Å². The Hall–Kier alpha value is -7.36. The number of benzene rings is 9. The van der Waals surface area contributed by atoms with Gasteiger partial charge in [-0.2, -0.15) is 0 Å². The van der Waals surface area contributed by atoms with Crippen LogP contribution in [-0.2, 0) is 6.42 Å². The SMILES string of the molecule is c1ccc(-c2nc(-c3ccccc3)c3c(n2)-c2cc(-c4ccc5oc6cccc(-c7ccc8c9ccccc9c9ccccc9c8c7)c6c5c4)ccc2C3)cc1. The van der Waals surface area contributed by atoms with Gasteiger partial charge in [-0.15, -0.1) is 0 Å². The summed E-state index contributed by atoms with van der Waals surface area (Å²) in [7, 11) is 0. The molecule has 0 unspecified atom stereocenters. The van der Waals surface area contributed by atoms with Crippen molar-refractivity contribution in [1.29, 1.82) is 0 Å². The Kier molecular flexibility index (Phi) is 6.69. The van der Waals surface area contributed by atoms with Crippen LogP contribution in [0.3, 0.4) is 0 Å². The predicted molar refractivity (Wildman–Crippen MR) is 232 cm³/mol. The number of aromatic nitrogens is 2. The lowest BCUT2D eigenvalue weighted by atomic mass is 9.91. The molecule has 260 valence electrons. The molecule has 0 aliphatic heterocycles. The van der Waals surface area contributed by atoms with Gasteiger partial charge in [0.15, 0.2) is 5.82 Å². The van der Waals surface area contributed by atoms with Gasteiger partial charge < -0.3 is 4.42 Å². The van der Waals surface area contributed by atoms with Crippen LogP contribution in [0.1, 0.15) is 11.1 Å². The molecule has 0 amide bonds. The summed E-state index contributed by atoms with van der Waals surface area (Å²) in [5.41, 5.74) is 14.2. The van der Waals surface area contributed by atoms with Crippen molar-refractivity contribution in [3.63, 3.8) is 0 Å². The summed E-state index contributed by atoms with van der Waals surface area (Å²) in [6.45, 7) is 0. The Labute approximate surface area is 323 Å². The molecule has 0 saturated carbocycles. The summed E-state index contributed by atoms with van der Waals surface area (Å²) >= 11 is 0. The third-order valence-electron chi connectivity index (χ3n) is 11.7. The van der Waals surface area contributed by atoms with Crippen molar-refractivity contribution >= 4 is 54.3 Å². The van der Waals surface area contributed by atoms with Gasteiger partial charge in [-0.1, -0.05) is 152 Å². The molecule has 0 saturated heterocycles. The molecular formula is C53H32N2O. The first-order valence-corrected chi connectivity index (χ1v) is 19.2. The lowest BCUT2D eigenvalue weighted by molar-refractivity contribution is 0.669. The molecule has 0 bridgehead atoms. The first kappa shape index (κ1) is 31.0. The smallest absolute Gasteiger partial charge is 0.160 e. The second-order valence-electron chi connectivity index (χ2n) is 14.8. The summed E-state index contributed by atoms with van der Waals surface area (Å²) < 4.78 is 6.53. The number of hydrogen-bond donors (Lipinski definition) is 0. The van der Waals surface area contributed by atoms with Gasteiger partial charge in [-0.3, -0.25) is 0 Å². The number of fused-ring (bicyclic) bond motifs is 12. The quantitative estimate of drug-likeness (QED) is 0.171. The van der Waals surface area contributed by atoms with Gasteiger partial charge in [0.2, 0.25) is 0 Å². The van der Waals surface area contributed by atoms with E-state index in [1.165, 1.54) is 60.1 Å². The molecule has 0 fully saturated rings. The van der Waals surface area contributed by atoms with Gasteiger partial charge in [-0.25, -0.2) is 9.97 Å². The first-order valence-electron chi connectivity index (χ1n) is 19.2. The Morgan fingerprint density at radius 1 is 0.357 bits per heavy atom. The van der Waals surface area contributed by atoms with Crippen molar-refractivity contribution in [2.45, 2.75) is 6.42 Å². The van der Waals surface area contributed by atoms with Crippen LogP contribution in [0.2, 0.25) is 0 Å². The minimum Gasteiger partial charge on any atom is -0.456 e. The van der Waals surface area contributed by atoms with E-state index in [1.807, 2.05) is 18.2 Å². The van der Waals surface area contributed by atoms with E-state index in [9.17, 15) is 0 Å². The standard InChI is InChI=1S/C53H32N2O/c1-3-12-32(13-4-1)51-47-31-37-23-22-34(28-44(37)52(47)55-53(54-51)33-14-5-2-6-15-33)35-25-27-48-46(29-35)50-38(20-11-21-49(50)56-48)36-24-26-43-41-18-8-7-16-39(41)40-17-9-10-19-42(40)45(43)30-36/h1-30H,31H2. The molecule has 2 heterocycles. The largest absolute Gasteiger partial charge is 0.456 e. The average molecular weight is 713 g/mol. The Morgan fingerprint density at radius 3 is 1.70 bits per heavy atom. The van der Waals surface area contributed by atoms with E-state index in [-0.39, 0.29) is 0 Å². The lowest BCUT2D eigenvalue weighted by Crippen LogP contribution is -1.99. The monoisotopic (exact) mass is 712 g/mol. The second-order valence-corrected chi connectivity index (χ2v) is 14.8. The highest BCUT2D eigenvalue weighted by Gasteiger charge is 2.27. The summed E-state index contributed by atoms with van der Waals surface area (Å²) in [6, 6.07) is 65.1. The topological polar surface area (TPSA) is 38.9 Å². The summed E-state index contributed by atoms with van der Waals surface area (Å²) in [5.74, 6) is 0.746. The van der Waals surface area contributed by atoms with Crippen molar-refractivity contribution in [2.24, 2.45) is 0 Å². The summed E-state index contributed by atoms with van der Waals surface area (Å²) in [6.07, 6.45) is 0.801. The van der Waals surface area contributed by atoms with Crippen LogP contribution < -0.4 is 0 Å². The molecule has 12 rings (SSSR count). The van der Waals surface area contributed by atoms with Crippen LogP contribution in [0.5, 0.6) is 0 Å². The third kappa shape index (κ3) is 4.71. The van der Waals surface area contributed by atoms with Gasteiger partial charge in [-0.05, 0) is 90.5 Å². The number of hydrogen-bond acceptors (Lipinski definition) is 3. The van der Waals surface area contributed by atoms with Gasteiger partial charge in [0.25, 0.3) is 0 Å². The highest BCUT2D eigenvalue weighted by Crippen LogP contribution is 2.45. The third-order valence-corrected chi connectivity index (χ3v) is 11.7. The van der Waals surface area contributed by atoms with Crippen molar-refractivity contribution < 1.29 is 4.42 Å². The second kappa shape index (κ2) is 12.1. The van der Waals surface area contributed by atoms with E-state index in [1.54, 1.807) is 0 Å². The van der Waals surface area contributed by atoms with Crippen LogP contribution in [0.15, 0.2) is 186 Å². The Balaban J connectivity index is 1.01. The molecule has 0 N–H and O–H groups in total. The molecule has 0 spiro atoms. The molecule has 3 nitrogen and oxygen atoms in total. The van der Waals surface area contributed by atoms with Crippen LogP contribution in [-0.4, -0.2) is 9.97 Å². The highest BCUT2D eigenvalue weighted by atomic mass is 16.3. The zero-order valence-corrected chi connectivity index (χ0v) is 30.3. The minimum atomic E-state index is 0.746. The molecule has 9 aromatic carbocycles. The molecule has 0 atom stereocenters. The van der Waals surface area contributed by atoms with E-state index in [2.05, 4.69) is 164 Å². The van der Waals surface area contributed by atoms with Crippen LogP contribution in [0.25, 0.3) is 110 Å². The van der Waals surface area contributed by atoms with Crippen molar-refractivity contribution in [3.8, 4) is 56.2 Å². The Bertz CT molecular complexity index is 3350. The fraction of sp³-hybridized carbons (Fsp3) is 0.0189. The van der Waals surface area contributed by atoms with E-state index >= 15 is 0 Å². The summed E-state index contributed by atoms with van der Waals surface area (Å²) in [4.78, 5) is 10.4. The molecule has 0 radical (unpaired) electrons. The maximum atomic E-state index is 6.53. The average Bonchev–Trinajstić information content (AvgIpc) is 3.84. The zero-order chi connectivity index (χ0) is 36.7. The minimum absolute atomic E-state index is 0.746. The van der Waals surface area contributed by atoms with Gasteiger partial charge >= 0.3 is 0 Å². The molecule has 56 heavy (non-hydrogen) atoms. The molecule has 2 aromatic heterocycles. The van der Waals surface area contributed by atoms with Gasteiger partial charge in [0, 0.05) is 39.4 Å².